The average Bonchev–Trinajstić information content (AvgIpc) is 3.06. The maximum Gasteiger partial charge on any atom is 0.314 e. The molecule has 1 aliphatic rings. The number of allylic oxidation sites excluding steroid dienone is 8. The number of carbonyl (C=O) groups is 1. The van der Waals surface area contributed by atoms with Crippen molar-refractivity contribution in [2.75, 3.05) is 13.2 Å². The summed E-state index contributed by atoms with van der Waals surface area (Å²) < 4.78 is 11.0. The van der Waals surface area contributed by atoms with Crippen LogP contribution in [0.3, 0.4) is 0 Å². The highest BCUT2D eigenvalue weighted by molar-refractivity contribution is 5.74. The largest absolute Gasteiger partial charge is 0.459 e. The van der Waals surface area contributed by atoms with Crippen LogP contribution in [0.25, 0.3) is 0 Å². The summed E-state index contributed by atoms with van der Waals surface area (Å²) in [5, 5.41) is 115. The fourth-order valence-electron chi connectivity index (χ4n) is 5.78. The number of unbranched alkanes of at least 4 members (excludes halogenated alkanes) is 2. The van der Waals surface area contributed by atoms with E-state index in [2.05, 4.69) is 0 Å². The van der Waals surface area contributed by atoms with Crippen molar-refractivity contribution in [3.05, 3.63) is 60.3 Å². The summed E-state index contributed by atoms with van der Waals surface area (Å²) in [7, 11) is 0. The first-order valence-corrected chi connectivity index (χ1v) is 18.2. The Morgan fingerprint density at radius 2 is 1.29 bits per heavy atom. The Hall–Kier alpha value is -2.31. The predicted octanol–water partition coefficient (Wildman–Crippen LogP) is 0.236. The van der Waals surface area contributed by atoms with E-state index in [0.717, 1.165) is 12.8 Å². The summed E-state index contributed by atoms with van der Waals surface area (Å²) in [5.74, 6) is -2.40. The molecular formula is C38H64O14. The van der Waals surface area contributed by atoms with Crippen molar-refractivity contribution in [2.24, 2.45) is 5.92 Å². The molecule has 52 heavy (non-hydrogen) atoms. The summed E-state index contributed by atoms with van der Waals surface area (Å²) in [5.41, 5.74) is 0.454. The van der Waals surface area contributed by atoms with Gasteiger partial charge >= 0.3 is 5.97 Å². The van der Waals surface area contributed by atoms with Crippen LogP contribution in [-0.4, -0.2) is 149 Å². The summed E-state index contributed by atoms with van der Waals surface area (Å²) in [6, 6.07) is 0. The Morgan fingerprint density at radius 3 is 1.85 bits per heavy atom. The van der Waals surface area contributed by atoms with Gasteiger partial charge in [-0.3, -0.25) is 4.79 Å². The van der Waals surface area contributed by atoms with E-state index in [4.69, 9.17) is 9.47 Å². The van der Waals surface area contributed by atoms with Gasteiger partial charge in [0.05, 0.1) is 55.9 Å². The summed E-state index contributed by atoms with van der Waals surface area (Å²) in [6.45, 7) is 4.11. The molecule has 0 bridgehead atoms. The molecule has 0 aromatic carbocycles. The van der Waals surface area contributed by atoms with Crippen molar-refractivity contribution >= 4 is 5.97 Å². The first-order chi connectivity index (χ1) is 24.6. The number of aliphatic hydroxyl groups excluding tert-OH is 11. The molecule has 14 nitrogen and oxygen atoms in total. The van der Waals surface area contributed by atoms with E-state index < -0.39 is 98.2 Å². The molecule has 13 atom stereocenters. The molecule has 0 aromatic heterocycles. The molecular weight excluding hydrogens is 680 g/mol. The second-order valence-electron chi connectivity index (χ2n) is 13.7. The van der Waals surface area contributed by atoms with E-state index in [9.17, 15) is 61.0 Å². The Kier molecular flexibility index (Phi) is 24.3. The van der Waals surface area contributed by atoms with E-state index in [1.54, 1.807) is 55.5 Å². The standard InChI is InChI=1S/C38H64O14/c1-4-5-11-16-32(46)35-33(47)20-28(42)18-26(40)17-27(41)19-29(43)21-34(48)36(49)37(51-23-30(44)22-39)24(2)14-12-9-7-6-8-10-13-15-31(45)25(3)52-38(35)50/h6-10,12-15,25-37,39-49H,4-5,11,16-23H2,1-3H3/b7-6-,10-8-,12-9-,15-13-,24-14-/t25-,26+,27-,28+,29-,30-,31+,32-,33+,34-,35-,36+,37-/m1/s1. The van der Waals surface area contributed by atoms with E-state index in [-0.39, 0.29) is 38.7 Å². The molecule has 11 N–H and O–H groups in total. The maximum absolute atomic E-state index is 13.2. The molecule has 0 saturated heterocycles. The Bertz CT molecular complexity index is 1120. The maximum atomic E-state index is 13.2. The smallest absolute Gasteiger partial charge is 0.314 e. The van der Waals surface area contributed by atoms with Crippen LogP contribution >= 0.6 is 0 Å². The van der Waals surface area contributed by atoms with Gasteiger partial charge in [-0.15, -0.1) is 0 Å². The molecule has 14 heteroatoms. The third kappa shape index (κ3) is 19.1. The van der Waals surface area contributed by atoms with Crippen molar-refractivity contribution in [3.8, 4) is 0 Å². The van der Waals surface area contributed by atoms with Crippen LogP contribution < -0.4 is 0 Å². The summed E-state index contributed by atoms with van der Waals surface area (Å²) in [4.78, 5) is 13.2. The Balaban J connectivity index is 3.29. The van der Waals surface area contributed by atoms with Gasteiger partial charge in [0.2, 0.25) is 0 Å². The highest BCUT2D eigenvalue weighted by atomic mass is 16.6. The molecule has 0 radical (unpaired) electrons. The van der Waals surface area contributed by atoms with Crippen LogP contribution in [0.1, 0.15) is 78.6 Å². The molecule has 1 heterocycles. The van der Waals surface area contributed by atoms with Crippen molar-refractivity contribution in [3.63, 3.8) is 0 Å². The highest BCUT2D eigenvalue weighted by Crippen LogP contribution is 2.24. The van der Waals surface area contributed by atoms with Gasteiger partial charge in [0.25, 0.3) is 0 Å². The van der Waals surface area contributed by atoms with Gasteiger partial charge in [0.1, 0.15) is 36.4 Å². The molecule has 0 unspecified atom stereocenters. The van der Waals surface area contributed by atoms with E-state index in [1.165, 1.54) is 13.0 Å². The number of esters is 1. The predicted molar refractivity (Wildman–Crippen MR) is 193 cm³/mol. The second-order valence-corrected chi connectivity index (χ2v) is 13.7. The lowest BCUT2D eigenvalue weighted by atomic mass is 9.87. The number of ether oxygens (including phenoxy) is 2. The monoisotopic (exact) mass is 744 g/mol. The van der Waals surface area contributed by atoms with Crippen molar-refractivity contribution in [1.29, 1.82) is 0 Å². The van der Waals surface area contributed by atoms with Crippen LogP contribution in [0, 0.1) is 5.92 Å². The number of carbonyl (C=O) groups excluding carboxylic acids is 1. The first kappa shape index (κ1) is 47.7. The van der Waals surface area contributed by atoms with Gasteiger partial charge in [0.15, 0.2) is 0 Å². The molecule has 0 fully saturated rings. The van der Waals surface area contributed by atoms with Crippen LogP contribution in [0.2, 0.25) is 0 Å². The van der Waals surface area contributed by atoms with Crippen LogP contribution in [0.4, 0.5) is 0 Å². The van der Waals surface area contributed by atoms with Gasteiger partial charge < -0.3 is 65.6 Å². The molecule has 300 valence electrons. The average molecular weight is 745 g/mol. The minimum Gasteiger partial charge on any atom is -0.459 e. The molecule has 1 aliphatic heterocycles. The third-order valence-electron chi connectivity index (χ3n) is 8.81. The summed E-state index contributed by atoms with van der Waals surface area (Å²) >= 11 is 0. The lowest BCUT2D eigenvalue weighted by Crippen LogP contribution is -2.43. The molecule has 0 aliphatic carbocycles. The molecule has 0 amide bonds. The Labute approximate surface area is 307 Å². The molecule has 1 rings (SSSR count). The van der Waals surface area contributed by atoms with Gasteiger partial charge in [-0.2, -0.15) is 0 Å². The fourth-order valence-corrected chi connectivity index (χ4v) is 5.78. The van der Waals surface area contributed by atoms with Gasteiger partial charge in [-0.1, -0.05) is 80.9 Å². The number of hydrogen-bond acceptors (Lipinski definition) is 14. The van der Waals surface area contributed by atoms with Gasteiger partial charge in [0, 0.05) is 12.8 Å². The highest BCUT2D eigenvalue weighted by Gasteiger charge is 2.38. The lowest BCUT2D eigenvalue weighted by molar-refractivity contribution is -0.168. The zero-order valence-electron chi connectivity index (χ0n) is 30.6. The Morgan fingerprint density at radius 1 is 0.769 bits per heavy atom. The van der Waals surface area contributed by atoms with Gasteiger partial charge in [-0.25, -0.2) is 0 Å². The number of aliphatic hydroxyl groups is 11. The summed E-state index contributed by atoms with van der Waals surface area (Å²) in [6.07, 6.45) is -0.685. The number of rotatable bonds is 9. The molecule has 0 saturated carbocycles. The second kappa shape index (κ2) is 26.5. The minimum atomic E-state index is -1.57. The minimum absolute atomic E-state index is 0.185. The SMILES string of the molecule is CCCCC[C@@H](O)[C@H]1C(=O)O[C@H](C)[C@@H](O)\C=C/C=C\C=C/C=C\C=C(\C)[C@@H](OC[C@H](O)CO)[C@@H](O)[C@H](O)C[C@H](O)C[C@H](O)C[C@H](O)C[C@H](O)C[C@@H]1O. The first-order valence-electron chi connectivity index (χ1n) is 18.2. The number of hydrogen-bond donors (Lipinski definition) is 11. The molecule has 0 spiro atoms. The normalized spacial score (nSPS) is 37.6. The van der Waals surface area contributed by atoms with Crippen LogP contribution in [0.5, 0.6) is 0 Å². The molecule has 0 aromatic rings. The van der Waals surface area contributed by atoms with Gasteiger partial charge in [-0.05, 0) is 45.1 Å². The van der Waals surface area contributed by atoms with Crippen molar-refractivity contribution in [1.82, 2.24) is 0 Å². The van der Waals surface area contributed by atoms with E-state index in [1.807, 2.05) is 6.92 Å². The van der Waals surface area contributed by atoms with Crippen molar-refractivity contribution < 1.29 is 70.4 Å². The van der Waals surface area contributed by atoms with Crippen molar-refractivity contribution in [2.45, 2.75) is 152 Å². The number of cyclic esters (lactones) is 1. The fraction of sp³-hybridized carbons (Fsp3) is 0.711. The van der Waals surface area contributed by atoms with E-state index in [0.29, 0.717) is 12.0 Å². The zero-order chi connectivity index (χ0) is 39.2. The quantitative estimate of drug-likeness (QED) is 0.112. The van der Waals surface area contributed by atoms with E-state index >= 15 is 0 Å². The topological polar surface area (TPSA) is 258 Å². The third-order valence-corrected chi connectivity index (χ3v) is 8.81. The zero-order valence-corrected chi connectivity index (χ0v) is 30.6. The van der Waals surface area contributed by atoms with Crippen LogP contribution in [0.15, 0.2) is 60.3 Å². The van der Waals surface area contributed by atoms with Crippen LogP contribution in [-0.2, 0) is 14.3 Å². The lowest BCUT2D eigenvalue weighted by Gasteiger charge is -2.30.